The van der Waals surface area contributed by atoms with Crippen LogP contribution in [0, 0.1) is 0 Å². The molecule has 0 heterocycles. The predicted octanol–water partition coefficient (Wildman–Crippen LogP) is 3.23. The Morgan fingerprint density at radius 2 is 1.24 bits per heavy atom. The van der Waals surface area contributed by atoms with Gasteiger partial charge in [-0.25, -0.2) is 0 Å². The first-order chi connectivity index (χ1) is 9.84. The summed E-state index contributed by atoms with van der Waals surface area (Å²) in [4.78, 5) is 12.3. The summed E-state index contributed by atoms with van der Waals surface area (Å²) in [6.07, 6.45) is 0. The highest BCUT2D eigenvalue weighted by atomic mass is 16.6. The zero-order chi connectivity index (χ0) is 15.5. The van der Waals surface area contributed by atoms with E-state index in [1.807, 2.05) is 67.6 Å². The first-order valence-corrected chi connectivity index (χ1v) is 6.97. The van der Waals surface area contributed by atoms with Crippen LogP contribution in [0.4, 0.5) is 0 Å². The summed E-state index contributed by atoms with van der Waals surface area (Å²) in [5.41, 5.74) is 5.79. The number of esters is 1. The zero-order valence-electron chi connectivity index (χ0n) is 12.7. The topological polar surface area (TPSA) is 52.3 Å². The Morgan fingerprint density at radius 3 is 1.57 bits per heavy atom. The van der Waals surface area contributed by atoms with Crippen molar-refractivity contribution in [2.24, 2.45) is 5.73 Å². The summed E-state index contributed by atoms with van der Waals surface area (Å²) < 4.78 is 5.81. The van der Waals surface area contributed by atoms with Crippen molar-refractivity contribution in [1.82, 2.24) is 0 Å². The van der Waals surface area contributed by atoms with E-state index < -0.39 is 17.1 Å². The lowest BCUT2D eigenvalue weighted by atomic mass is 9.87. The summed E-state index contributed by atoms with van der Waals surface area (Å²) in [6.45, 7) is 5.18. The van der Waals surface area contributed by atoms with Crippen LogP contribution in [0.25, 0.3) is 0 Å². The maximum atomic E-state index is 12.3. The van der Waals surface area contributed by atoms with Crippen LogP contribution >= 0.6 is 0 Å². The number of rotatable bonds is 4. The van der Waals surface area contributed by atoms with E-state index in [1.54, 1.807) is 13.8 Å². The second-order valence-corrected chi connectivity index (χ2v) is 5.88. The molecule has 3 nitrogen and oxygen atoms in total. The Hall–Kier alpha value is -2.13. The van der Waals surface area contributed by atoms with Crippen molar-refractivity contribution in [2.75, 3.05) is 0 Å². The molecule has 0 atom stereocenters. The van der Waals surface area contributed by atoms with Crippen molar-refractivity contribution in [1.29, 1.82) is 0 Å². The smallest absolute Gasteiger partial charge is 0.326 e. The number of nitrogens with two attached hydrogens (primary N) is 1. The summed E-state index contributed by atoms with van der Waals surface area (Å²) in [6, 6.07) is 19.4. The second-order valence-electron chi connectivity index (χ2n) is 5.88. The van der Waals surface area contributed by atoms with Gasteiger partial charge in [0.05, 0.1) is 0 Å². The lowest BCUT2D eigenvalue weighted by molar-refractivity contribution is -0.160. The van der Waals surface area contributed by atoms with E-state index in [0.717, 1.165) is 11.1 Å². The SMILES string of the molecule is CC(C)(N)C(=O)OC(C)(c1ccccc1)c1ccccc1. The molecule has 0 radical (unpaired) electrons. The van der Waals surface area contributed by atoms with Crippen molar-refractivity contribution < 1.29 is 9.53 Å². The van der Waals surface area contributed by atoms with Gasteiger partial charge in [0.15, 0.2) is 5.60 Å². The summed E-state index contributed by atoms with van der Waals surface area (Å²) >= 11 is 0. The Labute approximate surface area is 125 Å². The Balaban J connectivity index is 2.48. The molecule has 21 heavy (non-hydrogen) atoms. The van der Waals surface area contributed by atoms with E-state index in [4.69, 9.17) is 10.5 Å². The minimum Gasteiger partial charge on any atom is -0.448 e. The van der Waals surface area contributed by atoms with E-state index in [9.17, 15) is 4.79 Å². The van der Waals surface area contributed by atoms with Gasteiger partial charge in [-0.3, -0.25) is 4.79 Å². The van der Waals surface area contributed by atoms with Gasteiger partial charge in [-0.05, 0) is 31.9 Å². The van der Waals surface area contributed by atoms with E-state index in [1.165, 1.54) is 0 Å². The first-order valence-electron chi connectivity index (χ1n) is 6.97. The molecule has 0 bridgehead atoms. The lowest BCUT2D eigenvalue weighted by Gasteiger charge is -2.33. The number of carbonyl (C=O) groups excluding carboxylic acids is 1. The van der Waals surface area contributed by atoms with Crippen molar-refractivity contribution in [3.05, 3.63) is 71.8 Å². The van der Waals surface area contributed by atoms with Gasteiger partial charge in [0, 0.05) is 0 Å². The summed E-state index contributed by atoms with van der Waals surface area (Å²) in [5, 5.41) is 0. The van der Waals surface area contributed by atoms with Crippen LogP contribution in [-0.4, -0.2) is 11.5 Å². The van der Waals surface area contributed by atoms with Gasteiger partial charge in [-0.1, -0.05) is 60.7 Å². The third-order valence-corrected chi connectivity index (χ3v) is 3.47. The highest BCUT2D eigenvalue weighted by molar-refractivity contribution is 5.80. The maximum absolute atomic E-state index is 12.3. The van der Waals surface area contributed by atoms with Gasteiger partial charge in [0.25, 0.3) is 0 Å². The average molecular weight is 283 g/mol. The van der Waals surface area contributed by atoms with Crippen molar-refractivity contribution in [3.63, 3.8) is 0 Å². The normalized spacial score (nSPS) is 12.0. The molecule has 0 aliphatic carbocycles. The highest BCUT2D eigenvalue weighted by Gasteiger charge is 2.37. The molecule has 2 aromatic carbocycles. The number of carbonyl (C=O) groups is 1. The molecule has 0 saturated carbocycles. The van der Waals surface area contributed by atoms with E-state index in [2.05, 4.69) is 0 Å². The molecule has 2 rings (SSSR count). The molecule has 0 spiro atoms. The molecule has 0 aliphatic rings. The Bertz CT molecular complexity index is 561. The van der Waals surface area contributed by atoms with Gasteiger partial charge < -0.3 is 10.5 Å². The monoisotopic (exact) mass is 283 g/mol. The Morgan fingerprint density at radius 1 is 0.857 bits per heavy atom. The van der Waals surface area contributed by atoms with Crippen molar-refractivity contribution in [3.8, 4) is 0 Å². The van der Waals surface area contributed by atoms with E-state index in [-0.39, 0.29) is 0 Å². The first kappa shape index (κ1) is 15.3. The number of hydrogen-bond acceptors (Lipinski definition) is 3. The van der Waals surface area contributed by atoms with Crippen molar-refractivity contribution in [2.45, 2.75) is 31.9 Å². The molecule has 110 valence electrons. The van der Waals surface area contributed by atoms with E-state index >= 15 is 0 Å². The van der Waals surface area contributed by atoms with Gasteiger partial charge in [-0.15, -0.1) is 0 Å². The van der Waals surface area contributed by atoms with Gasteiger partial charge in [0.2, 0.25) is 0 Å². The van der Waals surface area contributed by atoms with Crippen LogP contribution in [0.3, 0.4) is 0 Å². The maximum Gasteiger partial charge on any atom is 0.326 e. The molecule has 0 unspecified atom stereocenters. The van der Waals surface area contributed by atoms with Gasteiger partial charge in [0.1, 0.15) is 5.54 Å². The third kappa shape index (κ3) is 3.31. The molecule has 2 aromatic rings. The third-order valence-electron chi connectivity index (χ3n) is 3.47. The molecule has 0 amide bonds. The quantitative estimate of drug-likeness (QED) is 0.876. The molecule has 0 fully saturated rings. The van der Waals surface area contributed by atoms with Crippen LogP contribution in [-0.2, 0) is 15.1 Å². The van der Waals surface area contributed by atoms with Gasteiger partial charge >= 0.3 is 5.97 Å². The molecule has 2 N–H and O–H groups in total. The fourth-order valence-corrected chi connectivity index (χ4v) is 2.11. The predicted molar refractivity (Wildman–Crippen MR) is 83.7 cm³/mol. The van der Waals surface area contributed by atoms with Crippen LogP contribution in [0.1, 0.15) is 31.9 Å². The number of hydrogen-bond donors (Lipinski definition) is 1. The largest absolute Gasteiger partial charge is 0.448 e. The van der Waals surface area contributed by atoms with Crippen LogP contribution in [0.15, 0.2) is 60.7 Å². The fourth-order valence-electron chi connectivity index (χ4n) is 2.11. The molecule has 0 aliphatic heterocycles. The van der Waals surface area contributed by atoms with Gasteiger partial charge in [-0.2, -0.15) is 0 Å². The fraction of sp³-hybridized carbons (Fsp3) is 0.278. The standard InChI is InChI=1S/C18H21NO2/c1-17(2,19)16(20)21-18(3,14-10-6-4-7-11-14)15-12-8-5-9-13-15/h4-13H,19H2,1-3H3. The van der Waals surface area contributed by atoms with Crippen LogP contribution in [0.2, 0.25) is 0 Å². The minimum atomic E-state index is -1.04. The lowest BCUT2D eigenvalue weighted by Crippen LogP contribution is -2.46. The molecular weight excluding hydrogens is 262 g/mol. The molecule has 0 saturated heterocycles. The highest BCUT2D eigenvalue weighted by Crippen LogP contribution is 2.34. The average Bonchev–Trinajstić information content (AvgIpc) is 2.48. The molecule has 0 aromatic heterocycles. The minimum absolute atomic E-state index is 0.433. The molecular formula is C18H21NO2. The summed E-state index contributed by atoms with van der Waals surface area (Å²) in [5.74, 6) is -0.433. The Kier molecular flexibility index (Phi) is 4.14. The summed E-state index contributed by atoms with van der Waals surface area (Å²) in [7, 11) is 0. The van der Waals surface area contributed by atoms with Crippen molar-refractivity contribution >= 4 is 5.97 Å². The van der Waals surface area contributed by atoms with E-state index in [0.29, 0.717) is 0 Å². The number of ether oxygens (including phenoxy) is 1. The van der Waals surface area contributed by atoms with Crippen LogP contribution in [0.5, 0.6) is 0 Å². The zero-order valence-corrected chi connectivity index (χ0v) is 12.7. The second kappa shape index (κ2) is 5.70. The number of benzene rings is 2. The molecule has 3 heteroatoms. The van der Waals surface area contributed by atoms with Crippen LogP contribution < -0.4 is 5.73 Å².